The molecule has 0 radical (unpaired) electrons. The first kappa shape index (κ1) is 14.1. The lowest BCUT2D eigenvalue weighted by atomic mass is 10.1. The van der Waals surface area contributed by atoms with Crippen molar-refractivity contribution < 1.29 is 8.42 Å². The normalized spacial score (nSPS) is 12.7. The molecule has 0 atom stereocenters. The van der Waals surface area contributed by atoms with Crippen LogP contribution in [0.3, 0.4) is 0 Å². The third-order valence-electron chi connectivity index (χ3n) is 1.92. The van der Waals surface area contributed by atoms with E-state index in [0.29, 0.717) is 10.7 Å². The molecule has 0 aromatic carbocycles. The van der Waals surface area contributed by atoms with E-state index in [9.17, 15) is 8.42 Å². The van der Waals surface area contributed by atoms with E-state index >= 15 is 0 Å². The number of halogens is 2. The highest BCUT2D eigenvalue weighted by atomic mass is 79.9. The monoisotopic (exact) mass is 370 g/mol. The molecule has 0 aliphatic rings. The molecule has 1 heterocycles. The van der Waals surface area contributed by atoms with E-state index in [1.165, 1.54) is 18.5 Å². The Morgan fingerprint density at radius 1 is 1.44 bits per heavy atom. The third kappa shape index (κ3) is 3.51. The first-order valence-electron chi connectivity index (χ1n) is 4.49. The largest absolute Gasteiger partial charge is 0.263 e. The van der Waals surface area contributed by atoms with Crippen LogP contribution in [-0.4, -0.2) is 29.6 Å². The summed E-state index contributed by atoms with van der Waals surface area (Å²) < 4.78 is 26.6. The van der Waals surface area contributed by atoms with E-state index in [4.69, 9.17) is 0 Å². The van der Waals surface area contributed by atoms with Crippen LogP contribution in [0.2, 0.25) is 0 Å². The van der Waals surface area contributed by atoms with Gasteiger partial charge in [-0.25, -0.2) is 13.1 Å². The number of nitrogens with one attached hydrogen (secondary N) is 1. The molecule has 0 aliphatic carbocycles. The van der Waals surface area contributed by atoms with Crippen LogP contribution in [0.4, 0.5) is 0 Å². The summed E-state index contributed by atoms with van der Waals surface area (Å²) in [4.78, 5) is 3.96. The maximum absolute atomic E-state index is 12.0. The van der Waals surface area contributed by atoms with Gasteiger partial charge in [-0.2, -0.15) is 0 Å². The van der Waals surface area contributed by atoms with Crippen molar-refractivity contribution in [1.82, 2.24) is 9.71 Å². The van der Waals surface area contributed by atoms with Crippen LogP contribution < -0.4 is 4.72 Å². The van der Waals surface area contributed by atoms with Gasteiger partial charge in [-0.1, -0.05) is 31.9 Å². The fraction of sp³-hybridized carbons (Fsp3) is 0.444. The number of alkyl halides is 2. The fourth-order valence-corrected chi connectivity index (χ4v) is 3.93. The van der Waals surface area contributed by atoms with Gasteiger partial charge in [0.1, 0.15) is 4.90 Å². The van der Waals surface area contributed by atoms with Crippen molar-refractivity contribution in [3.8, 4) is 0 Å². The number of nitrogens with zero attached hydrogens (tertiary/aromatic N) is 1. The Hall–Kier alpha value is 0.0200. The predicted octanol–water partition coefficient (Wildman–Crippen LogP) is 1.91. The van der Waals surface area contributed by atoms with E-state index in [1.54, 1.807) is 6.07 Å². The van der Waals surface area contributed by atoms with Gasteiger partial charge in [0.2, 0.25) is 10.0 Å². The average molecular weight is 372 g/mol. The Kier molecular flexibility index (Phi) is 4.90. The van der Waals surface area contributed by atoms with Crippen molar-refractivity contribution in [1.29, 1.82) is 0 Å². The lowest BCUT2D eigenvalue weighted by Crippen LogP contribution is -2.48. The van der Waals surface area contributed by atoms with E-state index in [-0.39, 0.29) is 4.90 Å². The molecule has 4 nitrogen and oxygen atoms in total. The Morgan fingerprint density at radius 2 is 2.06 bits per heavy atom. The second-order valence-electron chi connectivity index (χ2n) is 3.62. The number of hydrogen-bond acceptors (Lipinski definition) is 3. The number of sulfonamides is 1. The van der Waals surface area contributed by atoms with Crippen LogP contribution >= 0.6 is 31.9 Å². The number of hydrogen-bond donors (Lipinski definition) is 1. The van der Waals surface area contributed by atoms with Gasteiger partial charge in [-0.15, -0.1) is 0 Å². The number of pyridine rings is 1. The molecule has 0 bridgehead atoms. The summed E-state index contributed by atoms with van der Waals surface area (Å²) in [5.41, 5.74) is -0.561. The van der Waals surface area contributed by atoms with Crippen LogP contribution in [0.1, 0.15) is 6.92 Å². The molecule has 0 unspecified atom stereocenters. The second kappa shape index (κ2) is 5.57. The maximum Gasteiger partial charge on any atom is 0.242 e. The SMILES string of the molecule is CC(CBr)(CBr)NS(=O)(=O)c1cccnc1. The summed E-state index contributed by atoms with van der Waals surface area (Å²) in [6.07, 6.45) is 2.86. The van der Waals surface area contributed by atoms with Crippen LogP contribution in [0.5, 0.6) is 0 Å². The minimum atomic E-state index is -3.51. The molecule has 90 valence electrons. The lowest BCUT2D eigenvalue weighted by molar-refractivity contribution is 0.509. The van der Waals surface area contributed by atoms with E-state index in [0.717, 1.165) is 0 Å². The Labute approximate surface area is 112 Å². The molecule has 1 rings (SSSR count). The first-order valence-corrected chi connectivity index (χ1v) is 8.22. The predicted molar refractivity (Wildman–Crippen MR) is 70.6 cm³/mol. The van der Waals surface area contributed by atoms with Crippen LogP contribution in [0, 0.1) is 0 Å². The van der Waals surface area contributed by atoms with Gasteiger partial charge in [-0.3, -0.25) is 4.98 Å². The molecule has 0 amide bonds. The standard InChI is InChI=1S/C9H12Br2N2O2S/c1-9(6-10,7-11)13-16(14,15)8-3-2-4-12-5-8/h2-5,13H,6-7H2,1H3. The molecule has 1 aromatic heterocycles. The topological polar surface area (TPSA) is 59.1 Å². The van der Waals surface area contributed by atoms with E-state index in [2.05, 4.69) is 41.6 Å². The zero-order valence-corrected chi connectivity index (χ0v) is 12.6. The molecule has 0 saturated carbocycles. The first-order chi connectivity index (χ1) is 7.43. The number of rotatable bonds is 5. The summed E-state index contributed by atoms with van der Waals surface area (Å²) in [5, 5.41) is 1.04. The molecule has 7 heteroatoms. The smallest absolute Gasteiger partial charge is 0.242 e. The van der Waals surface area contributed by atoms with E-state index in [1.807, 2.05) is 6.92 Å². The maximum atomic E-state index is 12.0. The fourth-order valence-electron chi connectivity index (χ4n) is 0.980. The van der Waals surface area contributed by atoms with Crippen LogP contribution in [0.25, 0.3) is 0 Å². The summed E-state index contributed by atoms with van der Waals surface area (Å²) in [6.45, 7) is 1.81. The Balaban J connectivity index is 2.97. The van der Waals surface area contributed by atoms with Gasteiger partial charge < -0.3 is 0 Å². The van der Waals surface area contributed by atoms with Gasteiger partial charge in [0.15, 0.2) is 0 Å². The van der Waals surface area contributed by atoms with Gasteiger partial charge in [-0.05, 0) is 19.1 Å². The quantitative estimate of drug-likeness (QED) is 0.804. The van der Waals surface area contributed by atoms with Crippen molar-refractivity contribution in [3.05, 3.63) is 24.5 Å². The lowest BCUT2D eigenvalue weighted by Gasteiger charge is -2.25. The van der Waals surface area contributed by atoms with E-state index < -0.39 is 15.6 Å². The summed E-state index contributed by atoms with van der Waals surface area (Å²) in [5.74, 6) is 0. The molecular weight excluding hydrogens is 360 g/mol. The van der Waals surface area contributed by atoms with Crippen molar-refractivity contribution >= 4 is 41.9 Å². The second-order valence-corrected chi connectivity index (χ2v) is 6.43. The van der Waals surface area contributed by atoms with Gasteiger partial charge in [0.05, 0.1) is 0 Å². The highest BCUT2D eigenvalue weighted by Crippen LogP contribution is 2.16. The number of aromatic nitrogens is 1. The molecule has 1 aromatic rings. The zero-order valence-electron chi connectivity index (χ0n) is 8.65. The molecular formula is C9H12Br2N2O2S. The molecule has 0 aliphatic heterocycles. The highest BCUT2D eigenvalue weighted by molar-refractivity contribution is 9.09. The van der Waals surface area contributed by atoms with Crippen molar-refractivity contribution in [2.45, 2.75) is 17.4 Å². The molecule has 0 fully saturated rings. The van der Waals surface area contributed by atoms with Crippen molar-refractivity contribution in [3.63, 3.8) is 0 Å². The van der Waals surface area contributed by atoms with Gasteiger partial charge in [0, 0.05) is 28.6 Å². The highest BCUT2D eigenvalue weighted by Gasteiger charge is 2.28. The van der Waals surface area contributed by atoms with Crippen LogP contribution in [0.15, 0.2) is 29.4 Å². The molecule has 16 heavy (non-hydrogen) atoms. The zero-order chi connectivity index (χ0) is 12.2. The average Bonchev–Trinajstić information content (AvgIpc) is 2.29. The minimum Gasteiger partial charge on any atom is -0.263 e. The molecule has 0 saturated heterocycles. The third-order valence-corrected chi connectivity index (χ3v) is 6.01. The van der Waals surface area contributed by atoms with Gasteiger partial charge >= 0.3 is 0 Å². The summed E-state index contributed by atoms with van der Waals surface area (Å²) in [6, 6.07) is 3.10. The van der Waals surface area contributed by atoms with Crippen molar-refractivity contribution in [2.75, 3.05) is 10.7 Å². The Morgan fingerprint density at radius 3 is 2.50 bits per heavy atom. The molecule has 0 spiro atoms. The van der Waals surface area contributed by atoms with Gasteiger partial charge in [0.25, 0.3) is 0 Å². The summed E-state index contributed by atoms with van der Waals surface area (Å²) >= 11 is 6.57. The minimum absolute atomic E-state index is 0.170. The van der Waals surface area contributed by atoms with Crippen LogP contribution in [-0.2, 0) is 10.0 Å². The molecule has 1 N–H and O–H groups in total. The van der Waals surface area contributed by atoms with Crippen molar-refractivity contribution in [2.24, 2.45) is 0 Å². The summed E-state index contributed by atoms with van der Waals surface area (Å²) in [7, 11) is -3.51. The Bertz CT molecular complexity index is 432.